The van der Waals surface area contributed by atoms with Crippen LogP contribution in [0.25, 0.3) is 0 Å². The number of carbonyl (C=O) groups excluding carboxylic acids is 2. The zero-order valence-corrected chi connectivity index (χ0v) is 15.5. The molecule has 2 aliphatic heterocycles. The van der Waals surface area contributed by atoms with Gasteiger partial charge in [0.2, 0.25) is 5.91 Å². The van der Waals surface area contributed by atoms with Gasteiger partial charge in [0.1, 0.15) is 11.9 Å². The smallest absolute Gasteiger partial charge is 0.253 e. The van der Waals surface area contributed by atoms with E-state index < -0.39 is 5.82 Å². The van der Waals surface area contributed by atoms with Gasteiger partial charge in [0.05, 0.1) is 11.6 Å². The van der Waals surface area contributed by atoms with Crippen LogP contribution in [0.5, 0.6) is 0 Å². The van der Waals surface area contributed by atoms with Gasteiger partial charge < -0.3 is 14.5 Å². The molecular formula is C18H23ClFN3O3. The van der Waals surface area contributed by atoms with Gasteiger partial charge in [-0.1, -0.05) is 11.6 Å². The van der Waals surface area contributed by atoms with Crippen molar-refractivity contribution in [3.05, 3.63) is 34.6 Å². The summed E-state index contributed by atoms with van der Waals surface area (Å²) in [6.07, 6.45) is 0.794. The monoisotopic (exact) mass is 383 g/mol. The lowest BCUT2D eigenvalue weighted by Gasteiger charge is -2.40. The molecule has 2 fully saturated rings. The van der Waals surface area contributed by atoms with Crippen LogP contribution in [0.2, 0.25) is 5.02 Å². The Morgan fingerprint density at radius 2 is 2.12 bits per heavy atom. The van der Waals surface area contributed by atoms with Crippen LogP contribution in [0, 0.1) is 5.82 Å². The van der Waals surface area contributed by atoms with Gasteiger partial charge in [0.15, 0.2) is 0 Å². The van der Waals surface area contributed by atoms with Gasteiger partial charge in [-0.2, -0.15) is 0 Å². The van der Waals surface area contributed by atoms with E-state index in [0.717, 1.165) is 19.5 Å². The number of benzene rings is 1. The molecule has 0 radical (unpaired) electrons. The summed E-state index contributed by atoms with van der Waals surface area (Å²) in [6, 6.07) is 3.62. The molecule has 2 heterocycles. The molecule has 8 heteroatoms. The second-order valence-corrected chi connectivity index (χ2v) is 7.01. The Kier molecular flexibility index (Phi) is 6.11. The standard InChI is InChI=1S/C18H23ClFN3O3/c1-26-10-9-22-8-7-21-5-2-6-23(12-16(21)18(22)25)17(24)13-3-4-15(20)14(19)11-13/h3-4,11,16H,2,5-10,12H2,1H3. The number of piperazine rings is 1. The molecule has 0 aliphatic carbocycles. The van der Waals surface area contributed by atoms with E-state index in [9.17, 15) is 14.0 Å². The third-order valence-electron chi connectivity index (χ3n) is 4.98. The first kappa shape index (κ1) is 19.1. The van der Waals surface area contributed by atoms with Crippen LogP contribution >= 0.6 is 11.6 Å². The summed E-state index contributed by atoms with van der Waals surface area (Å²) in [5, 5.41) is -0.0771. The van der Waals surface area contributed by atoms with Crippen molar-refractivity contribution >= 4 is 23.4 Å². The second kappa shape index (κ2) is 8.33. The van der Waals surface area contributed by atoms with Crippen molar-refractivity contribution < 1.29 is 18.7 Å². The van der Waals surface area contributed by atoms with Crippen molar-refractivity contribution in [1.29, 1.82) is 0 Å². The van der Waals surface area contributed by atoms with Crippen molar-refractivity contribution in [2.24, 2.45) is 0 Å². The number of hydrogen-bond acceptors (Lipinski definition) is 4. The minimum Gasteiger partial charge on any atom is -0.383 e. The predicted octanol–water partition coefficient (Wildman–Crippen LogP) is 1.48. The maximum atomic E-state index is 13.4. The molecular weight excluding hydrogens is 361 g/mol. The molecule has 2 aliphatic rings. The predicted molar refractivity (Wildman–Crippen MR) is 95.7 cm³/mol. The summed E-state index contributed by atoms with van der Waals surface area (Å²) in [4.78, 5) is 31.3. The molecule has 2 saturated heterocycles. The Labute approximate surface area is 157 Å². The molecule has 0 saturated carbocycles. The fourth-order valence-electron chi connectivity index (χ4n) is 3.53. The molecule has 26 heavy (non-hydrogen) atoms. The van der Waals surface area contributed by atoms with E-state index in [1.807, 2.05) is 0 Å². The number of fused-ring (bicyclic) bond motifs is 1. The fraction of sp³-hybridized carbons (Fsp3) is 0.556. The first-order valence-corrected chi connectivity index (χ1v) is 9.15. The Bertz CT molecular complexity index is 688. The maximum Gasteiger partial charge on any atom is 0.253 e. The number of methoxy groups -OCH3 is 1. The lowest BCUT2D eigenvalue weighted by Crippen LogP contribution is -2.60. The summed E-state index contributed by atoms with van der Waals surface area (Å²) < 4.78 is 18.4. The molecule has 142 valence electrons. The zero-order chi connectivity index (χ0) is 18.7. The average molecular weight is 384 g/mol. The molecule has 0 N–H and O–H groups in total. The van der Waals surface area contributed by atoms with Crippen LogP contribution in [-0.4, -0.2) is 85.5 Å². The van der Waals surface area contributed by atoms with E-state index in [4.69, 9.17) is 16.3 Å². The molecule has 3 rings (SSSR count). The Balaban J connectivity index is 1.74. The van der Waals surface area contributed by atoms with Gasteiger partial charge >= 0.3 is 0 Å². The summed E-state index contributed by atoms with van der Waals surface area (Å²) in [6.45, 7) is 4.20. The van der Waals surface area contributed by atoms with Gasteiger partial charge in [-0.05, 0) is 24.6 Å². The molecule has 1 aromatic rings. The summed E-state index contributed by atoms with van der Waals surface area (Å²) in [5.41, 5.74) is 0.337. The molecule has 0 aromatic heterocycles. The number of nitrogens with zero attached hydrogens (tertiary/aromatic N) is 3. The minimum atomic E-state index is -0.554. The highest BCUT2D eigenvalue weighted by Gasteiger charge is 2.38. The number of hydrogen-bond donors (Lipinski definition) is 0. The summed E-state index contributed by atoms with van der Waals surface area (Å²) in [7, 11) is 1.61. The van der Waals surface area contributed by atoms with E-state index in [1.54, 1.807) is 16.9 Å². The molecule has 0 bridgehead atoms. The molecule has 6 nitrogen and oxygen atoms in total. The first-order chi connectivity index (χ1) is 12.5. The van der Waals surface area contributed by atoms with Gasteiger partial charge in [-0.3, -0.25) is 14.5 Å². The lowest BCUT2D eigenvalue weighted by molar-refractivity contribution is -0.142. The highest BCUT2D eigenvalue weighted by molar-refractivity contribution is 6.31. The second-order valence-electron chi connectivity index (χ2n) is 6.60. The van der Waals surface area contributed by atoms with E-state index in [0.29, 0.717) is 38.3 Å². The van der Waals surface area contributed by atoms with Crippen LogP contribution < -0.4 is 0 Å². The lowest BCUT2D eigenvalue weighted by atomic mass is 10.1. The van der Waals surface area contributed by atoms with Crippen LogP contribution in [-0.2, 0) is 9.53 Å². The van der Waals surface area contributed by atoms with Crippen molar-refractivity contribution in [2.45, 2.75) is 12.5 Å². The van der Waals surface area contributed by atoms with Crippen molar-refractivity contribution in [3.63, 3.8) is 0 Å². The average Bonchev–Trinajstić information content (AvgIpc) is 2.86. The largest absolute Gasteiger partial charge is 0.383 e. The van der Waals surface area contributed by atoms with E-state index >= 15 is 0 Å². The van der Waals surface area contributed by atoms with Crippen molar-refractivity contribution in [2.75, 3.05) is 53.0 Å². The number of carbonyl (C=O) groups is 2. The molecule has 1 unspecified atom stereocenters. The SMILES string of the molecule is COCCN1CCN2CCCN(C(=O)c3ccc(F)c(Cl)c3)CC2C1=O. The molecule has 2 amide bonds. The van der Waals surface area contributed by atoms with Crippen LogP contribution in [0.15, 0.2) is 18.2 Å². The van der Waals surface area contributed by atoms with Crippen LogP contribution in [0.3, 0.4) is 0 Å². The van der Waals surface area contributed by atoms with Crippen LogP contribution in [0.4, 0.5) is 4.39 Å². The molecule has 1 atom stereocenters. The van der Waals surface area contributed by atoms with Gasteiger partial charge in [-0.15, -0.1) is 0 Å². The summed E-state index contributed by atoms with van der Waals surface area (Å²) >= 11 is 5.80. The van der Waals surface area contributed by atoms with Gasteiger partial charge in [-0.25, -0.2) is 4.39 Å². The summed E-state index contributed by atoms with van der Waals surface area (Å²) in [5.74, 6) is -0.748. The van der Waals surface area contributed by atoms with Crippen molar-refractivity contribution in [3.8, 4) is 0 Å². The Hall–Kier alpha value is -1.70. The third kappa shape index (κ3) is 4.00. The quantitative estimate of drug-likeness (QED) is 0.790. The first-order valence-electron chi connectivity index (χ1n) is 8.77. The molecule has 1 aromatic carbocycles. The number of ether oxygens (including phenoxy) is 1. The van der Waals surface area contributed by atoms with Crippen LogP contribution in [0.1, 0.15) is 16.8 Å². The normalized spacial score (nSPS) is 21.5. The van der Waals surface area contributed by atoms with Gasteiger partial charge in [0.25, 0.3) is 5.91 Å². The van der Waals surface area contributed by atoms with Gasteiger partial charge in [0, 0.05) is 51.9 Å². The van der Waals surface area contributed by atoms with E-state index in [1.165, 1.54) is 18.2 Å². The highest BCUT2D eigenvalue weighted by Crippen LogP contribution is 2.21. The fourth-order valence-corrected chi connectivity index (χ4v) is 3.71. The topological polar surface area (TPSA) is 53.1 Å². The molecule has 0 spiro atoms. The highest BCUT2D eigenvalue weighted by atomic mass is 35.5. The number of amides is 2. The van der Waals surface area contributed by atoms with E-state index in [-0.39, 0.29) is 22.9 Å². The van der Waals surface area contributed by atoms with Crippen molar-refractivity contribution in [1.82, 2.24) is 14.7 Å². The Morgan fingerprint density at radius 1 is 1.31 bits per heavy atom. The zero-order valence-electron chi connectivity index (χ0n) is 14.8. The Morgan fingerprint density at radius 3 is 2.85 bits per heavy atom. The number of halogens is 2. The maximum absolute atomic E-state index is 13.4. The number of rotatable bonds is 4. The minimum absolute atomic E-state index is 0.0325. The third-order valence-corrected chi connectivity index (χ3v) is 5.27. The van der Waals surface area contributed by atoms with E-state index in [2.05, 4.69) is 4.90 Å².